The van der Waals surface area contributed by atoms with Gasteiger partial charge in [0.2, 0.25) is 0 Å². The third-order valence-corrected chi connectivity index (χ3v) is 3.77. The van der Waals surface area contributed by atoms with Gasteiger partial charge in [0.05, 0.1) is 12.4 Å². The van der Waals surface area contributed by atoms with Gasteiger partial charge in [-0.05, 0) is 12.0 Å². The summed E-state index contributed by atoms with van der Waals surface area (Å²) in [4.78, 5) is 7.12. The predicted molar refractivity (Wildman–Crippen MR) is 82.8 cm³/mol. The molecule has 2 nitrogen and oxygen atoms in total. The van der Waals surface area contributed by atoms with Crippen LogP contribution in [0.1, 0.15) is 51.0 Å². The van der Waals surface area contributed by atoms with Gasteiger partial charge in [-0.25, -0.2) is 0 Å². The van der Waals surface area contributed by atoms with Crippen molar-refractivity contribution >= 4 is 5.71 Å². The molecule has 19 heavy (non-hydrogen) atoms. The highest BCUT2D eigenvalue weighted by Gasteiger charge is 2.15. The summed E-state index contributed by atoms with van der Waals surface area (Å²) in [7, 11) is 0. The number of aliphatic imine (C=N–C) groups is 1. The largest absolute Gasteiger partial charge is 0.279 e. The summed E-state index contributed by atoms with van der Waals surface area (Å²) in [6.45, 7) is 5.39. The molecule has 1 aliphatic rings. The first-order chi connectivity index (χ1) is 9.40. The fraction of sp³-hybridized carbons (Fsp3) is 0.588. The van der Waals surface area contributed by atoms with Crippen molar-refractivity contribution < 1.29 is 0 Å². The van der Waals surface area contributed by atoms with E-state index in [0.29, 0.717) is 0 Å². The van der Waals surface area contributed by atoms with E-state index in [1.165, 1.54) is 56.3 Å². The maximum Gasteiger partial charge on any atom is 0.0916 e. The molecule has 2 rings (SSSR count). The molecular weight excluding hydrogens is 232 g/mol. The zero-order valence-electron chi connectivity index (χ0n) is 12.1. The molecule has 0 saturated carbocycles. The van der Waals surface area contributed by atoms with E-state index in [-0.39, 0.29) is 0 Å². The van der Waals surface area contributed by atoms with Gasteiger partial charge in [-0.3, -0.25) is 9.89 Å². The Balaban J connectivity index is 1.62. The van der Waals surface area contributed by atoms with Crippen LogP contribution in [-0.2, 0) is 0 Å². The van der Waals surface area contributed by atoms with Crippen molar-refractivity contribution in [3.63, 3.8) is 0 Å². The SMILES string of the molecule is CCCCCCCCN1CN=C(c2ccccc2)C1. The molecule has 1 aliphatic heterocycles. The standard InChI is InChI=1S/C17H26N2/c1-2-3-4-5-6-10-13-19-14-17(18-15-19)16-11-8-7-9-12-16/h7-9,11-12H,2-6,10,13-15H2,1H3. The quantitative estimate of drug-likeness (QED) is 0.641. The first-order valence-electron chi connectivity index (χ1n) is 7.71. The molecule has 0 fully saturated rings. The third kappa shape index (κ3) is 4.79. The number of rotatable bonds is 8. The lowest BCUT2D eigenvalue weighted by molar-refractivity contribution is 0.331. The van der Waals surface area contributed by atoms with Gasteiger partial charge in [0.15, 0.2) is 0 Å². The van der Waals surface area contributed by atoms with Gasteiger partial charge in [-0.1, -0.05) is 69.4 Å². The van der Waals surface area contributed by atoms with Crippen LogP contribution in [0.4, 0.5) is 0 Å². The summed E-state index contributed by atoms with van der Waals surface area (Å²) in [5.74, 6) is 0. The van der Waals surface area contributed by atoms with Crippen molar-refractivity contribution in [2.45, 2.75) is 45.4 Å². The molecule has 0 spiro atoms. The lowest BCUT2D eigenvalue weighted by Gasteiger charge is -2.13. The molecule has 0 aromatic heterocycles. The summed E-state index contributed by atoms with van der Waals surface area (Å²) in [5, 5.41) is 0. The molecule has 0 atom stereocenters. The number of unbranched alkanes of at least 4 members (excludes halogenated alkanes) is 5. The molecule has 1 aromatic carbocycles. The smallest absolute Gasteiger partial charge is 0.0916 e. The van der Waals surface area contributed by atoms with E-state index in [4.69, 9.17) is 0 Å². The average Bonchev–Trinajstić information content (AvgIpc) is 2.92. The summed E-state index contributed by atoms with van der Waals surface area (Å²) >= 11 is 0. The van der Waals surface area contributed by atoms with E-state index >= 15 is 0 Å². The molecule has 0 saturated heterocycles. The second-order valence-corrected chi connectivity index (χ2v) is 5.43. The number of benzene rings is 1. The van der Waals surface area contributed by atoms with Gasteiger partial charge in [0, 0.05) is 13.1 Å². The topological polar surface area (TPSA) is 15.6 Å². The molecule has 0 bridgehead atoms. The highest BCUT2D eigenvalue weighted by molar-refractivity contribution is 6.02. The lowest BCUT2D eigenvalue weighted by Crippen LogP contribution is -2.24. The Labute approximate surface area is 117 Å². The van der Waals surface area contributed by atoms with Crippen LogP contribution in [0.2, 0.25) is 0 Å². The average molecular weight is 258 g/mol. The molecular formula is C17H26N2. The van der Waals surface area contributed by atoms with Crippen LogP contribution in [0.25, 0.3) is 0 Å². The minimum Gasteiger partial charge on any atom is -0.279 e. The molecule has 0 aliphatic carbocycles. The monoisotopic (exact) mass is 258 g/mol. The second kappa shape index (κ2) is 8.11. The van der Waals surface area contributed by atoms with E-state index in [1.54, 1.807) is 0 Å². The van der Waals surface area contributed by atoms with Gasteiger partial charge in [-0.2, -0.15) is 0 Å². The minimum absolute atomic E-state index is 0.888. The van der Waals surface area contributed by atoms with Crippen LogP contribution in [0, 0.1) is 0 Å². The number of hydrogen-bond acceptors (Lipinski definition) is 2. The zero-order valence-corrected chi connectivity index (χ0v) is 12.1. The fourth-order valence-corrected chi connectivity index (χ4v) is 2.58. The van der Waals surface area contributed by atoms with Gasteiger partial charge >= 0.3 is 0 Å². The Morgan fingerprint density at radius 3 is 2.53 bits per heavy atom. The maximum atomic E-state index is 4.66. The van der Waals surface area contributed by atoms with Gasteiger partial charge < -0.3 is 0 Å². The summed E-state index contributed by atoms with van der Waals surface area (Å²) in [6, 6.07) is 10.6. The summed E-state index contributed by atoms with van der Waals surface area (Å²) in [6.07, 6.45) is 8.22. The molecule has 0 N–H and O–H groups in total. The van der Waals surface area contributed by atoms with Crippen LogP contribution in [-0.4, -0.2) is 30.4 Å². The van der Waals surface area contributed by atoms with E-state index in [1.807, 2.05) is 0 Å². The van der Waals surface area contributed by atoms with Crippen LogP contribution in [0.5, 0.6) is 0 Å². The van der Waals surface area contributed by atoms with Crippen LogP contribution in [0.15, 0.2) is 35.3 Å². The fourth-order valence-electron chi connectivity index (χ4n) is 2.58. The normalized spacial score (nSPS) is 15.7. The molecule has 1 heterocycles. The highest BCUT2D eigenvalue weighted by Crippen LogP contribution is 2.11. The third-order valence-electron chi connectivity index (χ3n) is 3.77. The Morgan fingerprint density at radius 2 is 1.74 bits per heavy atom. The molecule has 2 heteroatoms. The molecule has 0 radical (unpaired) electrons. The molecule has 0 unspecified atom stereocenters. The Bertz CT molecular complexity index is 384. The first-order valence-corrected chi connectivity index (χ1v) is 7.71. The molecule has 0 amide bonds. The highest BCUT2D eigenvalue weighted by atomic mass is 15.2. The predicted octanol–water partition coefficient (Wildman–Crippen LogP) is 4.11. The van der Waals surface area contributed by atoms with E-state index in [0.717, 1.165) is 13.2 Å². The Hall–Kier alpha value is -1.15. The number of hydrogen-bond donors (Lipinski definition) is 0. The first kappa shape index (κ1) is 14.3. The van der Waals surface area contributed by atoms with Gasteiger partial charge in [0.25, 0.3) is 0 Å². The van der Waals surface area contributed by atoms with Crippen molar-refractivity contribution in [2.24, 2.45) is 4.99 Å². The van der Waals surface area contributed by atoms with Crippen molar-refractivity contribution in [3.05, 3.63) is 35.9 Å². The zero-order chi connectivity index (χ0) is 13.3. The minimum atomic E-state index is 0.888. The lowest BCUT2D eigenvalue weighted by atomic mass is 10.1. The summed E-state index contributed by atoms with van der Waals surface area (Å²) in [5.41, 5.74) is 2.54. The number of nitrogens with zero attached hydrogens (tertiary/aromatic N) is 2. The van der Waals surface area contributed by atoms with Crippen LogP contribution >= 0.6 is 0 Å². The van der Waals surface area contributed by atoms with E-state index in [9.17, 15) is 0 Å². The van der Waals surface area contributed by atoms with Crippen molar-refractivity contribution in [1.82, 2.24) is 4.90 Å². The Kier molecular flexibility index (Phi) is 6.09. The van der Waals surface area contributed by atoms with Crippen molar-refractivity contribution in [2.75, 3.05) is 19.8 Å². The van der Waals surface area contributed by atoms with Gasteiger partial charge in [-0.15, -0.1) is 0 Å². The van der Waals surface area contributed by atoms with Crippen LogP contribution < -0.4 is 0 Å². The Morgan fingerprint density at radius 1 is 1.00 bits per heavy atom. The second-order valence-electron chi connectivity index (χ2n) is 5.43. The maximum absolute atomic E-state index is 4.66. The van der Waals surface area contributed by atoms with Crippen molar-refractivity contribution in [3.8, 4) is 0 Å². The van der Waals surface area contributed by atoms with Crippen molar-refractivity contribution in [1.29, 1.82) is 0 Å². The van der Waals surface area contributed by atoms with Gasteiger partial charge in [0.1, 0.15) is 0 Å². The molecule has 1 aromatic rings. The van der Waals surface area contributed by atoms with Crippen LogP contribution in [0.3, 0.4) is 0 Å². The molecule has 104 valence electrons. The van der Waals surface area contributed by atoms with E-state index < -0.39 is 0 Å². The summed E-state index contributed by atoms with van der Waals surface area (Å²) < 4.78 is 0. The van der Waals surface area contributed by atoms with E-state index in [2.05, 4.69) is 47.1 Å².